The molecule has 5 heteroatoms. The first-order chi connectivity index (χ1) is 8.36. The average Bonchev–Trinajstić information content (AvgIpc) is 2.41. The number of halogens is 3. The summed E-state index contributed by atoms with van der Waals surface area (Å²) in [7, 11) is 0. The SMILES string of the molecule is O=C(OC12CCC3C[C@H](C[C@H](C3)C1)C2)C(F)(F)F. The minimum absolute atomic E-state index is 0.464. The summed E-state index contributed by atoms with van der Waals surface area (Å²) < 4.78 is 42.0. The first kappa shape index (κ1) is 12.3. The molecule has 4 atom stereocenters. The Bertz CT molecular complexity index is 350. The molecule has 18 heavy (non-hydrogen) atoms. The molecule has 0 N–H and O–H groups in total. The average molecular weight is 262 g/mol. The van der Waals surface area contributed by atoms with E-state index in [-0.39, 0.29) is 0 Å². The van der Waals surface area contributed by atoms with Gasteiger partial charge in [-0.15, -0.1) is 0 Å². The van der Waals surface area contributed by atoms with E-state index in [4.69, 9.17) is 4.74 Å². The molecule has 2 unspecified atom stereocenters. The fourth-order valence-electron chi connectivity index (χ4n) is 4.47. The zero-order valence-corrected chi connectivity index (χ0v) is 10.1. The number of hydrogen-bond acceptors (Lipinski definition) is 2. The van der Waals surface area contributed by atoms with Crippen molar-refractivity contribution in [3.05, 3.63) is 0 Å². The second kappa shape index (κ2) is 3.87. The van der Waals surface area contributed by atoms with Crippen LogP contribution in [0.15, 0.2) is 0 Å². The number of esters is 1. The normalized spacial score (nSPS) is 42.7. The van der Waals surface area contributed by atoms with E-state index in [1.807, 2.05) is 0 Å². The highest BCUT2D eigenvalue weighted by Gasteiger charge is 2.53. The maximum absolute atomic E-state index is 12.4. The van der Waals surface area contributed by atoms with E-state index in [9.17, 15) is 18.0 Å². The summed E-state index contributed by atoms with van der Waals surface area (Å²) in [4.78, 5) is 11.1. The van der Waals surface area contributed by atoms with Crippen LogP contribution in [0.25, 0.3) is 0 Å². The van der Waals surface area contributed by atoms with Crippen LogP contribution in [0.5, 0.6) is 0 Å². The quantitative estimate of drug-likeness (QED) is 0.676. The van der Waals surface area contributed by atoms with Crippen LogP contribution in [0.4, 0.5) is 13.2 Å². The molecular formula is C13H17F3O2. The zero-order chi connectivity index (χ0) is 13.0. The molecule has 4 fully saturated rings. The summed E-state index contributed by atoms with van der Waals surface area (Å²) in [6, 6.07) is 0. The molecule has 102 valence electrons. The molecule has 0 aromatic heterocycles. The monoisotopic (exact) mass is 262 g/mol. The van der Waals surface area contributed by atoms with Gasteiger partial charge >= 0.3 is 12.1 Å². The van der Waals surface area contributed by atoms with Gasteiger partial charge < -0.3 is 4.74 Å². The second-order valence-corrected chi connectivity index (χ2v) is 6.32. The Hall–Kier alpha value is -0.740. The van der Waals surface area contributed by atoms with Gasteiger partial charge in [-0.3, -0.25) is 0 Å². The van der Waals surface area contributed by atoms with Crippen LogP contribution in [-0.2, 0) is 9.53 Å². The predicted molar refractivity (Wildman–Crippen MR) is 57.7 cm³/mol. The molecule has 4 aliphatic rings. The number of carbonyl (C=O) groups excluding carboxylic acids is 1. The molecule has 0 aromatic carbocycles. The van der Waals surface area contributed by atoms with Crippen LogP contribution in [0.1, 0.15) is 44.9 Å². The van der Waals surface area contributed by atoms with Crippen molar-refractivity contribution in [3.63, 3.8) is 0 Å². The van der Waals surface area contributed by atoms with Crippen molar-refractivity contribution >= 4 is 5.97 Å². The third-order valence-corrected chi connectivity index (χ3v) is 4.87. The minimum Gasteiger partial charge on any atom is -0.452 e. The van der Waals surface area contributed by atoms with Crippen LogP contribution in [0.2, 0.25) is 0 Å². The van der Waals surface area contributed by atoms with Crippen LogP contribution in [-0.4, -0.2) is 17.7 Å². The van der Waals surface area contributed by atoms with Gasteiger partial charge in [0.2, 0.25) is 0 Å². The van der Waals surface area contributed by atoms with Crippen molar-refractivity contribution in [1.29, 1.82) is 0 Å². The first-order valence-electron chi connectivity index (χ1n) is 6.66. The molecule has 4 saturated carbocycles. The lowest BCUT2D eigenvalue weighted by Gasteiger charge is -2.44. The number of carbonyl (C=O) groups is 1. The maximum Gasteiger partial charge on any atom is 0.490 e. The third kappa shape index (κ3) is 2.12. The minimum atomic E-state index is -4.86. The molecule has 0 aromatic rings. The fourth-order valence-corrected chi connectivity index (χ4v) is 4.47. The van der Waals surface area contributed by atoms with E-state index in [2.05, 4.69) is 0 Å². The van der Waals surface area contributed by atoms with Crippen molar-refractivity contribution in [1.82, 2.24) is 0 Å². The molecule has 0 amide bonds. The molecule has 4 bridgehead atoms. The van der Waals surface area contributed by atoms with Gasteiger partial charge in [-0.25, -0.2) is 4.79 Å². The van der Waals surface area contributed by atoms with Gasteiger partial charge in [-0.2, -0.15) is 13.2 Å². The van der Waals surface area contributed by atoms with E-state index in [1.165, 1.54) is 0 Å². The van der Waals surface area contributed by atoms with Gasteiger partial charge in [0.1, 0.15) is 5.60 Å². The lowest BCUT2D eigenvalue weighted by Crippen LogP contribution is -2.45. The Morgan fingerprint density at radius 1 is 1.06 bits per heavy atom. The highest BCUT2D eigenvalue weighted by Crippen LogP contribution is 2.54. The molecular weight excluding hydrogens is 245 g/mol. The smallest absolute Gasteiger partial charge is 0.452 e. The zero-order valence-electron chi connectivity index (χ0n) is 10.1. The largest absolute Gasteiger partial charge is 0.490 e. The van der Waals surface area contributed by atoms with Crippen molar-refractivity contribution in [2.75, 3.05) is 0 Å². The van der Waals surface area contributed by atoms with Gasteiger partial charge in [0.15, 0.2) is 0 Å². The Morgan fingerprint density at radius 3 is 2.17 bits per heavy atom. The van der Waals surface area contributed by atoms with Gasteiger partial charge in [-0.05, 0) is 62.7 Å². The van der Waals surface area contributed by atoms with Gasteiger partial charge in [-0.1, -0.05) is 0 Å². The molecule has 2 nitrogen and oxygen atoms in total. The lowest BCUT2D eigenvalue weighted by molar-refractivity contribution is -0.219. The van der Waals surface area contributed by atoms with Crippen molar-refractivity contribution in [2.24, 2.45) is 17.8 Å². The van der Waals surface area contributed by atoms with Gasteiger partial charge in [0.05, 0.1) is 0 Å². The third-order valence-electron chi connectivity index (χ3n) is 4.87. The summed E-state index contributed by atoms with van der Waals surface area (Å²) in [5.74, 6) is -0.429. The van der Waals surface area contributed by atoms with Crippen molar-refractivity contribution in [3.8, 4) is 0 Å². The molecule has 0 aliphatic heterocycles. The number of hydrogen-bond donors (Lipinski definition) is 0. The van der Waals surface area contributed by atoms with Gasteiger partial charge in [0.25, 0.3) is 0 Å². The highest BCUT2D eigenvalue weighted by molar-refractivity contribution is 5.76. The number of alkyl halides is 3. The Labute approximate surface area is 104 Å². The summed E-state index contributed by atoms with van der Waals surface area (Å²) in [6.07, 6.45) is 1.29. The molecule has 4 aliphatic carbocycles. The first-order valence-corrected chi connectivity index (χ1v) is 6.66. The van der Waals surface area contributed by atoms with E-state index in [0.717, 1.165) is 25.7 Å². The van der Waals surface area contributed by atoms with Crippen LogP contribution < -0.4 is 0 Å². The maximum atomic E-state index is 12.4. The summed E-state index contributed by atoms with van der Waals surface area (Å²) >= 11 is 0. The van der Waals surface area contributed by atoms with E-state index < -0.39 is 17.7 Å². The second-order valence-electron chi connectivity index (χ2n) is 6.32. The molecule has 0 saturated heterocycles. The summed E-state index contributed by atoms with van der Waals surface area (Å²) in [5, 5.41) is 0. The Balaban J connectivity index is 1.79. The van der Waals surface area contributed by atoms with Gasteiger partial charge in [0, 0.05) is 0 Å². The highest BCUT2D eigenvalue weighted by atomic mass is 19.4. The van der Waals surface area contributed by atoms with Crippen LogP contribution >= 0.6 is 0 Å². The van der Waals surface area contributed by atoms with E-state index in [0.29, 0.717) is 37.0 Å². The molecule has 0 spiro atoms. The Kier molecular flexibility index (Phi) is 2.65. The standard InChI is InChI=1S/C13H17F3O2/c14-13(15,16)11(17)18-12-2-1-8-3-9(6-12)5-10(4-8)7-12/h8-10H,1-7H2/t8?,9-,10+,12?. The van der Waals surface area contributed by atoms with Crippen molar-refractivity contribution in [2.45, 2.75) is 56.7 Å². The van der Waals surface area contributed by atoms with Crippen LogP contribution in [0.3, 0.4) is 0 Å². The number of ether oxygens (including phenoxy) is 1. The lowest BCUT2D eigenvalue weighted by atomic mass is 9.66. The molecule has 0 radical (unpaired) electrons. The molecule has 4 rings (SSSR count). The number of fused-ring (bicyclic) bond motifs is 1. The fraction of sp³-hybridized carbons (Fsp3) is 0.923. The number of rotatable bonds is 1. The van der Waals surface area contributed by atoms with E-state index >= 15 is 0 Å². The summed E-state index contributed by atoms with van der Waals surface area (Å²) in [6.45, 7) is 0. The Morgan fingerprint density at radius 2 is 1.61 bits per heavy atom. The van der Waals surface area contributed by atoms with Crippen molar-refractivity contribution < 1.29 is 22.7 Å². The topological polar surface area (TPSA) is 26.3 Å². The van der Waals surface area contributed by atoms with Crippen LogP contribution in [0, 0.1) is 17.8 Å². The predicted octanol–water partition coefficient (Wildman–Crippen LogP) is 3.45. The molecule has 0 heterocycles. The summed E-state index contributed by atoms with van der Waals surface area (Å²) in [5.41, 5.74) is -0.814. The van der Waals surface area contributed by atoms with E-state index in [1.54, 1.807) is 0 Å².